The minimum atomic E-state index is -3.70. The summed E-state index contributed by atoms with van der Waals surface area (Å²) in [5, 5.41) is 11.0. The van der Waals surface area contributed by atoms with Gasteiger partial charge in [-0.15, -0.1) is 11.3 Å². The highest BCUT2D eigenvalue weighted by atomic mass is 79.9. The SMILES string of the molecule is Cc1csc(CO)c1S(=O)(=O)Nc1cccc(Br)c1C. The minimum absolute atomic E-state index is 0.171. The summed E-state index contributed by atoms with van der Waals surface area (Å²) >= 11 is 4.61. The zero-order valence-corrected chi connectivity index (χ0v) is 14.2. The Bertz CT molecular complexity index is 738. The first-order chi connectivity index (χ1) is 9.36. The van der Waals surface area contributed by atoms with E-state index in [2.05, 4.69) is 20.7 Å². The summed E-state index contributed by atoms with van der Waals surface area (Å²) in [6, 6.07) is 5.32. The number of hydrogen-bond acceptors (Lipinski definition) is 4. The van der Waals surface area contributed by atoms with E-state index in [1.807, 2.05) is 13.0 Å². The third kappa shape index (κ3) is 2.90. The number of aryl methyl sites for hydroxylation is 1. The predicted molar refractivity (Wildman–Crippen MR) is 84.7 cm³/mol. The molecule has 0 atom stereocenters. The van der Waals surface area contributed by atoms with Gasteiger partial charge in [-0.05, 0) is 42.5 Å². The zero-order chi connectivity index (χ0) is 14.9. The lowest BCUT2D eigenvalue weighted by molar-refractivity contribution is 0.282. The van der Waals surface area contributed by atoms with Gasteiger partial charge < -0.3 is 5.11 Å². The van der Waals surface area contributed by atoms with Gasteiger partial charge in [0.25, 0.3) is 10.0 Å². The minimum Gasteiger partial charge on any atom is -0.391 e. The van der Waals surface area contributed by atoms with Gasteiger partial charge in [0, 0.05) is 4.47 Å². The summed E-state index contributed by atoms with van der Waals surface area (Å²) in [6.07, 6.45) is 0. The van der Waals surface area contributed by atoms with Crippen LogP contribution in [0.5, 0.6) is 0 Å². The molecule has 0 spiro atoms. The number of benzene rings is 1. The molecule has 0 fully saturated rings. The molecule has 20 heavy (non-hydrogen) atoms. The van der Waals surface area contributed by atoms with E-state index in [0.29, 0.717) is 16.1 Å². The van der Waals surface area contributed by atoms with E-state index >= 15 is 0 Å². The van der Waals surface area contributed by atoms with Gasteiger partial charge in [0.05, 0.1) is 17.2 Å². The summed E-state index contributed by atoms with van der Waals surface area (Å²) in [6.45, 7) is 3.26. The maximum Gasteiger partial charge on any atom is 0.263 e. The third-order valence-corrected chi connectivity index (χ3v) is 6.59. The average Bonchev–Trinajstić information content (AvgIpc) is 2.77. The second kappa shape index (κ2) is 5.85. The standard InChI is InChI=1S/C13H14BrNO3S2/c1-8-7-19-12(6-16)13(8)20(17,18)15-11-5-3-4-10(14)9(11)2/h3-5,7,15-16H,6H2,1-2H3. The smallest absolute Gasteiger partial charge is 0.263 e. The molecule has 2 N–H and O–H groups in total. The van der Waals surface area contributed by atoms with Gasteiger partial charge in [0.15, 0.2) is 0 Å². The summed E-state index contributed by atoms with van der Waals surface area (Å²) in [4.78, 5) is 0.618. The molecule has 0 bridgehead atoms. The second-order valence-electron chi connectivity index (χ2n) is 4.35. The van der Waals surface area contributed by atoms with Gasteiger partial charge in [-0.3, -0.25) is 4.72 Å². The Morgan fingerprint density at radius 3 is 2.70 bits per heavy atom. The number of sulfonamides is 1. The van der Waals surface area contributed by atoms with Crippen LogP contribution in [0.4, 0.5) is 5.69 Å². The van der Waals surface area contributed by atoms with Crippen LogP contribution in [0.1, 0.15) is 16.0 Å². The molecular weight excluding hydrogens is 362 g/mol. The molecule has 0 aliphatic carbocycles. The van der Waals surface area contributed by atoms with Crippen LogP contribution in [0, 0.1) is 13.8 Å². The molecule has 0 unspecified atom stereocenters. The van der Waals surface area contributed by atoms with E-state index in [1.165, 1.54) is 11.3 Å². The van der Waals surface area contributed by atoms with Crippen LogP contribution in [0.15, 0.2) is 32.9 Å². The molecule has 1 aromatic heterocycles. The van der Waals surface area contributed by atoms with Crippen molar-refractivity contribution in [2.24, 2.45) is 0 Å². The fourth-order valence-electron chi connectivity index (χ4n) is 1.87. The first kappa shape index (κ1) is 15.5. The van der Waals surface area contributed by atoms with Crippen LogP contribution in [0.25, 0.3) is 0 Å². The Labute approximate surface area is 130 Å². The average molecular weight is 376 g/mol. The van der Waals surface area contributed by atoms with E-state index in [9.17, 15) is 13.5 Å². The van der Waals surface area contributed by atoms with Gasteiger partial charge in [0.1, 0.15) is 4.90 Å². The highest BCUT2D eigenvalue weighted by Gasteiger charge is 2.23. The maximum atomic E-state index is 12.5. The maximum absolute atomic E-state index is 12.5. The fraction of sp³-hybridized carbons (Fsp3) is 0.231. The lowest BCUT2D eigenvalue weighted by Gasteiger charge is -2.12. The molecule has 0 saturated heterocycles. The van der Waals surface area contributed by atoms with Crippen LogP contribution in [0.3, 0.4) is 0 Å². The van der Waals surface area contributed by atoms with E-state index in [0.717, 1.165) is 10.0 Å². The van der Waals surface area contributed by atoms with Crippen molar-refractivity contribution in [3.63, 3.8) is 0 Å². The normalized spacial score (nSPS) is 11.6. The molecule has 1 aromatic carbocycles. The van der Waals surface area contributed by atoms with Crippen molar-refractivity contribution in [3.05, 3.63) is 44.1 Å². The molecule has 0 saturated carbocycles. The van der Waals surface area contributed by atoms with Crippen molar-refractivity contribution in [1.29, 1.82) is 0 Å². The number of nitrogens with one attached hydrogen (secondary N) is 1. The largest absolute Gasteiger partial charge is 0.391 e. The third-order valence-electron chi connectivity index (χ3n) is 2.91. The number of anilines is 1. The first-order valence-electron chi connectivity index (χ1n) is 5.82. The Morgan fingerprint density at radius 2 is 2.05 bits per heavy atom. The number of halogens is 1. The van der Waals surface area contributed by atoms with Crippen LogP contribution >= 0.6 is 27.3 Å². The summed E-state index contributed by atoms with van der Waals surface area (Å²) in [5.74, 6) is 0. The number of rotatable bonds is 4. The van der Waals surface area contributed by atoms with E-state index in [-0.39, 0.29) is 11.5 Å². The number of hydrogen-bond donors (Lipinski definition) is 2. The van der Waals surface area contributed by atoms with E-state index in [4.69, 9.17) is 0 Å². The summed E-state index contributed by atoms with van der Waals surface area (Å²) in [5.41, 5.74) is 1.97. The fourth-order valence-corrected chi connectivity index (χ4v) is 5.02. The van der Waals surface area contributed by atoms with Crippen molar-refractivity contribution in [2.45, 2.75) is 25.3 Å². The Morgan fingerprint density at radius 1 is 1.35 bits per heavy atom. The molecule has 4 nitrogen and oxygen atoms in total. The molecule has 0 amide bonds. The number of thiophene rings is 1. The van der Waals surface area contributed by atoms with Gasteiger partial charge in [-0.25, -0.2) is 8.42 Å². The van der Waals surface area contributed by atoms with Crippen LogP contribution in [0.2, 0.25) is 0 Å². The van der Waals surface area contributed by atoms with Crippen molar-refractivity contribution >= 4 is 43.0 Å². The number of aliphatic hydroxyl groups excluding tert-OH is 1. The topological polar surface area (TPSA) is 66.4 Å². The molecular formula is C13H14BrNO3S2. The molecule has 108 valence electrons. The second-order valence-corrected chi connectivity index (χ2v) is 7.78. The zero-order valence-electron chi connectivity index (χ0n) is 11.0. The van der Waals surface area contributed by atoms with E-state index < -0.39 is 10.0 Å². The van der Waals surface area contributed by atoms with Crippen LogP contribution in [-0.2, 0) is 16.6 Å². The highest BCUT2D eigenvalue weighted by molar-refractivity contribution is 9.10. The Hall–Kier alpha value is -0.890. The molecule has 0 aliphatic heterocycles. The monoisotopic (exact) mass is 375 g/mol. The van der Waals surface area contributed by atoms with Crippen molar-refractivity contribution in [1.82, 2.24) is 0 Å². The summed E-state index contributed by atoms with van der Waals surface area (Å²) < 4.78 is 28.4. The van der Waals surface area contributed by atoms with Crippen molar-refractivity contribution in [3.8, 4) is 0 Å². The van der Waals surface area contributed by atoms with Gasteiger partial charge >= 0.3 is 0 Å². The van der Waals surface area contributed by atoms with Gasteiger partial charge in [-0.2, -0.15) is 0 Å². The van der Waals surface area contributed by atoms with E-state index in [1.54, 1.807) is 24.4 Å². The Balaban J connectivity index is 2.46. The highest BCUT2D eigenvalue weighted by Crippen LogP contribution is 2.30. The van der Waals surface area contributed by atoms with Crippen molar-refractivity contribution in [2.75, 3.05) is 4.72 Å². The number of aliphatic hydroxyl groups is 1. The first-order valence-corrected chi connectivity index (χ1v) is 8.98. The lowest BCUT2D eigenvalue weighted by Crippen LogP contribution is -2.15. The molecule has 0 radical (unpaired) electrons. The molecule has 2 rings (SSSR count). The molecule has 1 heterocycles. The summed E-state index contributed by atoms with van der Waals surface area (Å²) in [7, 11) is -3.70. The van der Waals surface area contributed by atoms with Crippen LogP contribution in [-0.4, -0.2) is 13.5 Å². The van der Waals surface area contributed by atoms with Gasteiger partial charge in [0.2, 0.25) is 0 Å². The van der Waals surface area contributed by atoms with Crippen LogP contribution < -0.4 is 4.72 Å². The Kier molecular flexibility index (Phi) is 4.53. The molecule has 0 aliphatic rings. The predicted octanol–water partition coefficient (Wildman–Crippen LogP) is 3.42. The molecule has 7 heteroatoms. The quantitative estimate of drug-likeness (QED) is 0.859. The lowest BCUT2D eigenvalue weighted by atomic mass is 10.2. The van der Waals surface area contributed by atoms with Gasteiger partial charge in [-0.1, -0.05) is 22.0 Å². The molecule has 2 aromatic rings. The van der Waals surface area contributed by atoms with Crippen molar-refractivity contribution < 1.29 is 13.5 Å².